The van der Waals surface area contributed by atoms with Crippen molar-refractivity contribution in [1.82, 2.24) is 4.90 Å². The molecular formula is C13H24N2O. The van der Waals surface area contributed by atoms with Crippen molar-refractivity contribution in [3.05, 3.63) is 0 Å². The summed E-state index contributed by atoms with van der Waals surface area (Å²) < 4.78 is 0. The zero-order valence-electron chi connectivity index (χ0n) is 10.5. The average molecular weight is 224 g/mol. The monoisotopic (exact) mass is 224 g/mol. The van der Waals surface area contributed by atoms with Gasteiger partial charge in [0.1, 0.15) is 0 Å². The molecule has 1 heterocycles. The second-order valence-corrected chi connectivity index (χ2v) is 6.02. The van der Waals surface area contributed by atoms with E-state index in [4.69, 9.17) is 5.73 Å². The summed E-state index contributed by atoms with van der Waals surface area (Å²) in [5.74, 6) is 0.631. The summed E-state index contributed by atoms with van der Waals surface area (Å²) in [6.45, 7) is 5.33. The van der Waals surface area contributed by atoms with Gasteiger partial charge in [0.15, 0.2) is 0 Å². The number of nitrogens with zero attached hydrogens (tertiary/aromatic N) is 1. The van der Waals surface area contributed by atoms with Crippen LogP contribution in [0, 0.1) is 5.92 Å². The van der Waals surface area contributed by atoms with Gasteiger partial charge in [-0.2, -0.15) is 0 Å². The van der Waals surface area contributed by atoms with E-state index in [2.05, 4.69) is 18.7 Å². The van der Waals surface area contributed by atoms with Gasteiger partial charge in [0.25, 0.3) is 0 Å². The molecule has 2 fully saturated rings. The number of nitrogens with two attached hydrogens (primary N) is 1. The third-order valence-corrected chi connectivity index (χ3v) is 4.29. The lowest BCUT2D eigenvalue weighted by molar-refractivity contribution is -0.139. The van der Waals surface area contributed by atoms with Gasteiger partial charge in [-0.05, 0) is 52.4 Å². The Morgan fingerprint density at radius 2 is 1.88 bits per heavy atom. The third-order valence-electron chi connectivity index (χ3n) is 4.29. The van der Waals surface area contributed by atoms with Crippen LogP contribution >= 0.6 is 0 Å². The molecule has 0 unspecified atom stereocenters. The molecule has 2 aliphatic rings. The zero-order valence-corrected chi connectivity index (χ0v) is 10.5. The van der Waals surface area contributed by atoms with Crippen molar-refractivity contribution in [2.24, 2.45) is 11.7 Å². The maximum atomic E-state index is 12.4. The molecule has 1 amide bonds. The molecule has 1 aliphatic carbocycles. The lowest BCUT2D eigenvalue weighted by Crippen LogP contribution is -2.46. The van der Waals surface area contributed by atoms with Crippen molar-refractivity contribution in [3.63, 3.8) is 0 Å². The van der Waals surface area contributed by atoms with E-state index in [1.54, 1.807) is 0 Å². The first-order valence-corrected chi connectivity index (χ1v) is 6.58. The highest BCUT2D eigenvalue weighted by Crippen LogP contribution is 2.33. The summed E-state index contributed by atoms with van der Waals surface area (Å²) in [6, 6.07) is 0.329. The number of hydrogen-bond acceptors (Lipinski definition) is 2. The summed E-state index contributed by atoms with van der Waals surface area (Å²) in [7, 11) is 0. The lowest BCUT2D eigenvalue weighted by Gasteiger charge is -2.36. The Morgan fingerprint density at radius 1 is 1.25 bits per heavy atom. The molecular weight excluding hydrogens is 200 g/mol. The van der Waals surface area contributed by atoms with Crippen LogP contribution in [-0.2, 0) is 4.79 Å². The Hall–Kier alpha value is -0.570. The van der Waals surface area contributed by atoms with Crippen LogP contribution in [0.3, 0.4) is 0 Å². The van der Waals surface area contributed by atoms with Crippen molar-refractivity contribution < 1.29 is 4.79 Å². The van der Waals surface area contributed by atoms with Gasteiger partial charge in [0.2, 0.25) is 5.91 Å². The van der Waals surface area contributed by atoms with Crippen LogP contribution in [0.2, 0.25) is 0 Å². The van der Waals surface area contributed by atoms with Gasteiger partial charge in [0, 0.05) is 24.0 Å². The first-order chi connectivity index (χ1) is 7.50. The van der Waals surface area contributed by atoms with Gasteiger partial charge in [-0.1, -0.05) is 0 Å². The highest BCUT2D eigenvalue weighted by molar-refractivity contribution is 5.80. The standard InChI is InChI=1S/C13H24N2O/c1-13(2)8-3-9-15(13)12(16)10-4-6-11(14)7-5-10/h10-11H,3-9,14H2,1-2H3. The lowest BCUT2D eigenvalue weighted by atomic mass is 9.85. The van der Waals surface area contributed by atoms with Crippen molar-refractivity contribution >= 4 is 5.91 Å². The molecule has 0 radical (unpaired) electrons. The van der Waals surface area contributed by atoms with Crippen LogP contribution in [0.1, 0.15) is 52.4 Å². The van der Waals surface area contributed by atoms with Crippen molar-refractivity contribution in [1.29, 1.82) is 0 Å². The van der Waals surface area contributed by atoms with Gasteiger partial charge in [-0.3, -0.25) is 4.79 Å². The Bertz CT molecular complexity index is 267. The quantitative estimate of drug-likeness (QED) is 0.739. The summed E-state index contributed by atoms with van der Waals surface area (Å²) >= 11 is 0. The van der Waals surface area contributed by atoms with E-state index in [1.165, 1.54) is 0 Å². The normalized spacial score (nSPS) is 34.1. The second-order valence-electron chi connectivity index (χ2n) is 6.02. The predicted molar refractivity (Wildman–Crippen MR) is 65.0 cm³/mol. The van der Waals surface area contributed by atoms with E-state index < -0.39 is 0 Å². The van der Waals surface area contributed by atoms with E-state index in [1.807, 2.05) is 0 Å². The molecule has 3 nitrogen and oxygen atoms in total. The molecule has 0 aromatic heterocycles. The number of rotatable bonds is 1. The number of hydrogen-bond donors (Lipinski definition) is 1. The minimum Gasteiger partial charge on any atom is -0.337 e. The van der Waals surface area contributed by atoms with Crippen LogP contribution < -0.4 is 5.73 Å². The van der Waals surface area contributed by atoms with Crippen LogP contribution in [0.4, 0.5) is 0 Å². The van der Waals surface area contributed by atoms with Gasteiger partial charge in [-0.15, -0.1) is 0 Å². The first kappa shape index (κ1) is 11.9. The first-order valence-electron chi connectivity index (χ1n) is 6.58. The Morgan fingerprint density at radius 3 is 2.38 bits per heavy atom. The maximum absolute atomic E-state index is 12.4. The van der Waals surface area contributed by atoms with Crippen LogP contribution in [0.15, 0.2) is 0 Å². The van der Waals surface area contributed by atoms with Crippen molar-refractivity contribution in [2.75, 3.05) is 6.54 Å². The van der Waals surface area contributed by atoms with Gasteiger partial charge >= 0.3 is 0 Å². The summed E-state index contributed by atoms with van der Waals surface area (Å²) in [4.78, 5) is 14.5. The minimum absolute atomic E-state index is 0.0800. The average Bonchev–Trinajstić information content (AvgIpc) is 2.58. The van der Waals surface area contributed by atoms with E-state index in [0.717, 1.165) is 45.1 Å². The molecule has 0 aromatic carbocycles. The molecule has 1 saturated heterocycles. The van der Waals surface area contributed by atoms with Gasteiger partial charge < -0.3 is 10.6 Å². The molecule has 0 bridgehead atoms. The summed E-state index contributed by atoms with van der Waals surface area (Å²) in [6.07, 6.45) is 6.32. The number of carbonyl (C=O) groups is 1. The fraction of sp³-hybridized carbons (Fsp3) is 0.923. The molecule has 2 rings (SSSR count). The maximum Gasteiger partial charge on any atom is 0.226 e. The summed E-state index contributed by atoms with van der Waals surface area (Å²) in [5.41, 5.74) is 5.96. The van der Waals surface area contributed by atoms with E-state index >= 15 is 0 Å². The molecule has 1 saturated carbocycles. The van der Waals surface area contributed by atoms with Gasteiger partial charge in [0.05, 0.1) is 0 Å². The number of carbonyl (C=O) groups excluding carboxylic acids is 1. The number of likely N-dealkylation sites (tertiary alicyclic amines) is 1. The minimum atomic E-state index is 0.0800. The fourth-order valence-electron chi connectivity index (χ4n) is 3.10. The van der Waals surface area contributed by atoms with Crippen molar-refractivity contribution in [2.45, 2.75) is 64.0 Å². The van der Waals surface area contributed by atoms with Crippen LogP contribution in [0.5, 0.6) is 0 Å². The Labute approximate surface area is 98.4 Å². The molecule has 16 heavy (non-hydrogen) atoms. The van der Waals surface area contributed by atoms with E-state index in [-0.39, 0.29) is 11.5 Å². The summed E-state index contributed by atoms with van der Waals surface area (Å²) in [5, 5.41) is 0. The fourth-order valence-corrected chi connectivity index (χ4v) is 3.10. The highest BCUT2D eigenvalue weighted by Gasteiger charge is 2.38. The Kier molecular flexibility index (Phi) is 3.24. The van der Waals surface area contributed by atoms with Crippen LogP contribution in [-0.4, -0.2) is 28.9 Å². The third kappa shape index (κ3) is 2.24. The molecule has 0 spiro atoms. The van der Waals surface area contributed by atoms with Gasteiger partial charge in [-0.25, -0.2) is 0 Å². The molecule has 2 N–H and O–H groups in total. The molecule has 1 aliphatic heterocycles. The zero-order chi connectivity index (χ0) is 11.8. The smallest absolute Gasteiger partial charge is 0.226 e. The molecule has 92 valence electrons. The second kappa shape index (κ2) is 4.36. The van der Waals surface area contributed by atoms with Crippen LogP contribution in [0.25, 0.3) is 0 Å². The van der Waals surface area contributed by atoms with E-state index in [9.17, 15) is 4.79 Å². The largest absolute Gasteiger partial charge is 0.337 e. The topological polar surface area (TPSA) is 46.3 Å². The molecule has 0 atom stereocenters. The number of amides is 1. The SMILES string of the molecule is CC1(C)CCCN1C(=O)C1CCC(N)CC1. The molecule has 3 heteroatoms. The van der Waals surface area contributed by atoms with E-state index in [0.29, 0.717) is 11.9 Å². The predicted octanol–water partition coefficient (Wildman–Crippen LogP) is 1.90. The van der Waals surface area contributed by atoms with Crippen molar-refractivity contribution in [3.8, 4) is 0 Å². The molecule has 0 aromatic rings. The Balaban J connectivity index is 1.97. The highest BCUT2D eigenvalue weighted by atomic mass is 16.2.